The second kappa shape index (κ2) is 20.8. The number of nitrogens with one attached hydrogen (secondary N) is 1. The SMILES string of the molecule is CC(C)(C)OC(=O)C[C@@H](Cc1ccc(C#N)cc1)[C@H](O)CCl.CC(C)CNC[C@@H](O)[C@@H](CC(=O)OC(C)(C)C)Cc1ccc(C#N)cc1. The van der Waals surface area contributed by atoms with E-state index in [0.29, 0.717) is 36.4 Å². The molecule has 0 radical (unpaired) electrons. The number of benzene rings is 2. The number of esters is 2. The van der Waals surface area contributed by atoms with Crippen molar-refractivity contribution in [2.24, 2.45) is 17.8 Å². The molecule has 0 fully saturated rings. The van der Waals surface area contributed by atoms with Crippen molar-refractivity contribution >= 4 is 23.5 Å². The molecular formula is C38H54ClN3O6. The first-order valence-corrected chi connectivity index (χ1v) is 16.9. The van der Waals surface area contributed by atoms with E-state index in [1.165, 1.54) is 0 Å². The number of carbonyl (C=O) groups excluding carboxylic acids is 2. The van der Waals surface area contributed by atoms with Gasteiger partial charge in [-0.05, 0) is 102 Å². The molecule has 264 valence electrons. The molecular weight excluding hydrogens is 630 g/mol. The van der Waals surface area contributed by atoms with Gasteiger partial charge in [-0.1, -0.05) is 38.1 Å². The maximum absolute atomic E-state index is 12.2. The maximum atomic E-state index is 12.2. The Bertz CT molecular complexity index is 1340. The molecule has 0 bridgehead atoms. The van der Waals surface area contributed by atoms with Gasteiger partial charge in [-0.25, -0.2) is 0 Å². The van der Waals surface area contributed by atoms with Crippen LogP contribution in [-0.2, 0) is 31.9 Å². The van der Waals surface area contributed by atoms with E-state index in [1.54, 1.807) is 45.0 Å². The lowest BCUT2D eigenvalue weighted by Crippen LogP contribution is -2.37. The first-order chi connectivity index (χ1) is 22.3. The highest BCUT2D eigenvalue weighted by atomic mass is 35.5. The van der Waals surface area contributed by atoms with Crippen molar-refractivity contribution in [1.29, 1.82) is 10.5 Å². The smallest absolute Gasteiger partial charge is 0.306 e. The number of halogens is 1. The second-order valence-electron chi connectivity index (χ2n) is 14.5. The number of hydrogen-bond donors (Lipinski definition) is 3. The van der Waals surface area contributed by atoms with Gasteiger partial charge < -0.3 is 25.0 Å². The standard InChI is InChI=1S/C21H32N2O3.C17H22ClNO3/c1-15(2)13-23-14-19(24)18(11-20(25)26-21(3,4)5)10-16-6-8-17(12-22)9-7-16;1-17(2,3)22-16(21)9-14(15(20)10-18)8-12-4-6-13(11-19)7-5-12/h6-9,15,18-19,23-24H,10-11,13-14H2,1-5H3;4-7,14-15,20H,8-10H2,1-3H3/t18-,19-;14-,15-/m11/s1. The average molecular weight is 684 g/mol. The van der Waals surface area contributed by atoms with Crippen LogP contribution in [0.1, 0.15) is 90.5 Å². The minimum Gasteiger partial charge on any atom is -0.460 e. The average Bonchev–Trinajstić information content (AvgIpc) is 2.99. The van der Waals surface area contributed by atoms with E-state index < -0.39 is 23.4 Å². The van der Waals surface area contributed by atoms with Crippen molar-refractivity contribution in [3.05, 3.63) is 70.8 Å². The van der Waals surface area contributed by atoms with E-state index in [2.05, 4.69) is 31.3 Å². The van der Waals surface area contributed by atoms with Crippen LogP contribution in [0.3, 0.4) is 0 Å². The molecule has 10 heteroatoms. The first-order valence-electron chi connectivity index (χ1n) is 16.4. The van der Waals surface area contributed by atoms with Gasteiger partial charge in [-0.3, -0.25) is 9.59 Å². The van der Waals surface area contributed by atoms with Gasteiger partial charge in [-0.2, -0.15) is 10.5 Å². The zero-order valence-corrected chi connectivity index (χ0v) is 30.5. The number of ether oxygens (including phenoxy) is 2. The zero-order chi connectivity index (χ0) is 36.5. The fraction of sp³-hybridized carbons (Fsp3) is 0.579. The van der Waals surface area contributed by atoms with Crippen LogP contribution < -0.4 is 5.32 Å². The molecule has 3 N–H and O–H groups in total. The molecule has 0 aromatic heterocycles. The Morgan fingerprint density at radius 1 is 0.729 bits per heavy atom. The molecule has 0 aliphatic carbocycles. The highest BCUT2D eigenvalue weighted by Gasteiger charge is 2.27. The third-order valence-electron chi connectivity index (χ3n) is 7.01. The summed E-state index contributed by atoms with van der Waals surface area (Å²) < 4.78 is 10.7. The summed E-state index contributed by atoms with van der Waals surface area (Å²) in [6.07, 6.45) is -0.136. The highest BCUT2D eigenvalue weighted by molar-refractivity contribution is 6.18. The van der Waals surface area contributed by atoms with Crippen molar-refractivity contribution in [1.82, 2.24) is 5.32 Å². The monoisotopic (exact) mass is 683 g/mol. The van der Waals surface area contributed by atoms with Gasteiger partial charge in [0, 0.05) is 24.3 Å². The molecule has 0 spiro atoms. The first kappa shape index (κ1) is 42.6. The Kier molecular flexibility index (Phi) is 18.4. The largest absolute Gasteiger partial charge is 0.460 e. The molecule has 0 amide bonds. The molecule has 0 aliphatic rings. The van der Waals surface area contributed by atoms with Crippen LogP contribution in [0.5, 0.6) is 0 Å². The van der Waals surface area contributed by atoms with E-state index in [1.807, 2.05) is 45.0 Å². The Morgan fingerprint density at radius 3 is 1.42 bits per heavy atom. The second-order valence-corrected chi connectivity index (χ2v) is 14.8. The lowest BCUT2D eigenvalue weighted by atomic mass is 9.90. The number of carbonyl (C=O) groups is 2. The Hall–Kier alpha value is -3.47. The molecule has 0 saturated heterocycles. The molecule has 2 aromatic carbocycles. The molecule has 2 aromatic rings. The van der Waals surface area contributed by atoms with E-state index in [9.17, 15) is 19.8 Å². The van der Waals surface area contributed by atoms with Gasteiger partial charge in [0.25, 0.3) is 0 Å². The predicted octanol–water partition coefficient (Wildman–Crippen LogP) is 6.10. The summed E-state index contributed by atoms with van der Waals surface area (Å²) >= 11 is 5.73. The van der Waals surface area contributed by atoms with Gasteiger partial charge >= 0.3 is 11.9 Å². The van der Waals surface area contributed by atoms with Crippen LogP contribution in [0.15, 0.2) is 48.5 Å². The Balaban J connectivity index is 0.000000487. The van der Waals surface area contributed by atoms with Gasteiger partial charge in [0.05, 0.1) is 48.3 Å². The summed E-state index contributed by atoms with van der Waals surface area (Å²) in [5.41, 5.74) is 2.00. The number of nitrogens with zero attached hydrogens (tertiary/aromatic N) is 2. The van der Waals surface area contributed by atoms with Crippen LogP contribution in [0.2, 0.25) is 0 Å². The summed E-state index contributed by atoms with van der Waals surface area (Å²) in [6.45, 7) is 16.4. The summed E-state index contributed by atoms with van der Waals surface area (Å²) in [6, 6.07) is 18.5. The fourth-order valence-electron chi connectivity index (χ4n) is 4.73. The third kappa shape index (κ3) is 18.8. The van der Waals surface area contributed by atoms with Crippen molar-refractivity contribution < 1.29 is 29.3 Å². The van der Waals surface area contributed by atoms with E-state index in [-0.39, 0.29) is 42.5 Å². The van der Waals surface area contributed by atoms with Crippen LogP contribution in [0.4, 0.5) is 0 Å². The normalized spacial score (nSPS) is 14.0. The van der Waals surface area contributed by atoms with Crippen molar-refractivity contribution in [2.75, 3.05) is 19.0 Å². The maximum Gasteiger partial charge on any atom is 0.306 e. The molecule has 0 unspecified atom stereocenters. The van der Waals surface area contributed by atoms with Crippen LogP contribution in [0.25, 0.3) is 0 Å². The molecule has 0 saturated carbocycles. The van der Waals surface area contributed by atoms with E-state index >= 15 is 0 Å². The topological polar surface area (TPSA) is 153 Å². The zero-order valence-electron chi connectivity index (χ0n) is 29.8. The van der Waals surface area contributed by atoms with Crippen LogP contribution in [-0.4, -0.2) is 64.5 Å². The van der Waals surface area contributed by atoms with Crippen LogP contribution >= 0.6 is 11.6 Å². The summed E-state index contributed by atoms with van der Waals surface area (Å²) in [5, 5.41) is 41.6. The summed E-state index contributed by atoms with van der Waals surface area (Å²) in [5.74, 6) is -0.679. The number of rotatable bonds is 15. The number of nitriles is 2. The van der Waals surface area contributed by atoms with Crippen LogP contribution in [0, 0.1) is 40.4 Å². The van der Waals surface area contributed by atoms with E-state index in [4.69, 9.17) is 31.6 Å². The molecule has 0 aliphatic heterocycles. The lowest BCUT2D eigenvalue weighted by Gasteiger charge is -2.26. The molecule has 9 nitrogen and oxygen atoms in total. The molecule has 48 heavy (non-hydrogen) atoms. The molecule has 0 heterocycles. The van der Waals surface area contributed by atoms with Crippen molar-refractivity contribution in [3.63, 3.8) is 0 Å². The molecule has 2 rings (SSSR count). The fourth-order valence-corrected chi connectivity index (χ4v) is 4.98. The third-order valence-corrected chi connectivity index (χ3v) is 7.33. The minimum absolute atomic E-state index is 0.0593. The van der Waals surface area contributed by atoms with Crippen molar-refractivity contribution in [3.8, 4) is 12.1 Å². The lowest BCUT2D eigenvalue weighted by molar-refractivity contribution is -0.158. The van der Waals surface area contributed by atoms with Gasteiger partial charge in [-0.15, -0.1) is 11.6 Å². The van der Waals surface area contributed by atoms with Crippen molar-refractivity contribution in [2.45, 2.75) is 104 Å². The minimum atomic E-state index is -0.787. The van der Waals surface area contributed by atoms with Gasteiger partial charge in [0.1, 0.15) is 11.2 Å². The summed E-state index contributed by atoms with van der Waals surface area (Å²) in [4.78, 5) is 24.2. The number of hydrogen-bond acceptors (Lipinski definition) is 9. The van der Waals surface area contributed by atoms with E-state index in [0.717, 1.165) is 17.7 Å². The van der Waals surface area contributed by atoms with Gasteiger partial charge in [0.2, 0.25) is 0 Å². The highest BCUT2D eigenvalue weighted by Crippen LogP contribution is 2.22. The summed E-state index contributed by atoms with van der Waals surface area (Å²) in [7, 11) is 0. The molecule has 4 atom stereocenters. The quantitative estimate of drug-likeness (QED) is 0.149. The van der Waals surface area contributed by atoms with Gasteiger partial charge in [0.15, 0.2) is 0 Å². The number of alkyl halides is 1. The Labute approximate surface area is 292 Å². The Morgan fingerprint density at radius 2 is 1.10 bits per heavy atom. The predicted molar refractivity (Wildman–Crippen MR) is 188 cm³/mol. The number of aliphatic hydroxyl groups is 2. The number of aliphatic hydroxyl groups excluding tert-OH is 2.